The third kappa shape index (κ3) is 4.41. The average Bonchev–Trinajstić information content (AvgIpc) is 2.66. The number of benzene rings is 2. The van der Waals surface area contributed by atoms with E-state index in [4.69, 9.17) is 16.3 Å². The number of pyridine rings is 1. The molecule has 0 atom stereocenters. The minimum Gasteiger partial charge on any atom is -0.452 e. The highest BCUT2D eigenvalue weighted by molar-refractivity contribution is 6.29. The van der Waals surface area contributed by atoms with Crippen molar-refractivity contribution in [2.45, 2.75) is 6.92 Å². The van der Waals surface area contributed by atoms with Crippen LogP contribution in [-0.2, 0) is 9.53 Å². The minimum absolute atomic E-state index is 0.0327. The van der Waals surface area contributed by atoms with Crippen LogP contribution in [0.4, 0.5) is 11.4 Å². The lowest BCUT2D eigenvalue weighted by Gasteiger charge is -2.08. The van der Waals surface area contributed by atoms with Crippen LogP contribution in [0.25, 0.3) is 10.9 Å². The molecular weight excluding hydrogens is 386 g/mol. The number of halogens is 1. The van der Waals surface area contributed by atoms with E-state index in [1.54, 1.807) is 37.3 Å². The summed E-state index contributed by atoms with van der Waals surface area (Å²) in [5.74, 6) is -1.39. The Labute approximate surface area is 164 Å². The second kappa shape index (κ2) is 8.01. The molecule has 0 saturated heterocycles. The number of nitrogens with zero attached hydrogens (tertiary/aromatic N) is 2. The van der Waals surface area contributed by atoms with Gasteiger partial charge in [0.15, 0.2) is 6.61 Å². The number of ether oxygens (including phenoxy) is 1. The standard InChI is InChI=1S/C19H14ClN3O5/c1-11-2-5-15(16(8-11)23(26)27)22-18(24)10-28-19(25)13-3-6-14-12(9-13)4-7-17(20)21-14/h2-9H,10H2,1H3,(H,22,24). The molecule has 0 bridgehead atoms. The number of carbonyl (C=O) groups is 2. The number of carbonyl (C=O) groups excluding carboxylic acids is 2. The third-order valence-electron chi connectivity index (χ3n) is 3.85. The molecule has 0 radical (unpaired) electrons. The Hall–Kier alpha value is -3.52. The van der Waals surface area contributed by atoms with Crippen LogP contribution < -0.4 is 5.32 Å². The molecule has 3 aromatic rings. The molecule has 0 spiro atoms. The maximum atomic E-state index is 12.2. The quantitative estimate of drug-likeness (QED) is 0.301. The van der Waals surface area contributed by atoms with Crippen molar-refractivity contribution in [2.24, 2.45) is 0 Å². The van der Waals surface area contributed by atoms with Crippen LogP contribution in [0.3, 0.4) is 0 Å². The van der Waals surface area contributed by atoms with Gasteiger partial charge in [0.2, 0.25) is 0 Å². The monoisotopic (exact) mass is 399 g/mol. The highest BCUT2D eigenvalue weighted by Gasteiger charge is 2.17. The molecule has 0 aliphatic rings. The number of hydrogen-bond donors (Lipinski definition) is 1. The van der Waals surface area contributed by atoms with Crippen molar-refractivity contribution in [1.82, 2.24) is 4.98 Å². The zero-order chi connectivity index (χ0) is 20.3. The largest absolute Gasteiger partial charge is 0.452 e. The fraction of sp³-hybridized carbons (Fsp3) is 0.105. The van der Waals surface area contributed by atoms with E-state index < -0.39 is 23.4 Å². The van der Waals surface area contributed by atoms with E-state index in [1.807, 2.05) is 0 Å². The summed E-state index contributed by atoms with van der Waals surface area (Å²) in [6, 6.07) is 12.4. The lowest BCUT2D eigenvalue weighted by atomic mass is 10.1. The predicted molar refractivity (Wildman–Crippen MR) is 103 cm³/mol. The maximum Gasteiger partial charge on any atom is 0.338 e. The van der Waals surface area contributed by atoms with Gasteiger partial charge < -0.3 is 10.1 Å². The molecule has 0 fully saturated rings. The van der Waals surface area contributed by atoms with Crippen LogP contribution >= 0.6 is 11.6 Å². The Bertz CT molecular complexity index is 1100. The normalized spacial score (nSPS) is 10.5. The minimum atomic E-state index is -0.703. The molecule has 28 heavy (non-hydrogen) atoms. The molecule has 8 nitrogen and oxygen atoms in total. The number of amides is 1. The highest BCUT2D eigenvalue weighted by Crippen LogP contribution is 2.25. The first-order valence-corrected chi connectivity index (χ1v) is 8.49. The van der Waals surface area contributed by atoms with Gasteiger partial charge in [0.1, 0.15) is 10.8 Å². The molecule has 1 amide bonds. The van der Waals surface area contributed by atoms with E-state index in [0.29, 0.717) is 21.6 Å². The number of aryl methyl sites for hydroxylation is 1. The number of rotatable bonds is 5. The van der Waals surface area contributed by atoms with Gasteiger partial charge in [-0.05, 0) is 48.9 Å². The molecular formula is C19H14ClN3O5. The molecule has 142 valence electrons. The van der Waals surface area contributed by atoms with E-state index >= 15 is 0 Å². The summed E-state index contributed by atoms with van der Waals surface area (Å²) in [6.45, 7) is 1.12. The van der Waals surface area contributed by atoms with E-state index in [1.165, 1.54) is 18.2 Å². The van der Waals surface area contributed by atoms with E-state index in [2.05, 4.69) is 10.3 Å². The van der Waals surface area contributed by atoms with Gasteiger partial charge in [-0.25, -0.2) is 9.78 Å². The number of nitrogens with one attached hydrogen (secondary N) is 1. The van der Waals surface area contributed by atoms with Gasteiger partial charge in [-0.2, -0.15) is 0 Å². The van der Waals surface area contributed by atoms with E-state index in [0.717, 1.165) is 0 Å². The molecule has 3 rings (SSSR count). The van der Waals surface area contributed by atoms with E-state index in [-0.39, 0.29) is 16.9 Å². The number of fused-ring (bicyclic) bond motifs is 1. The summed E-state index contributed by atoms with van der Waals surface area (Å²) in [6.07, 6.45) is 0. The van der Waals surface area contributed by atoms with Gasteiger partial charge >= 0.3 is 5.97 Å². The Kier molecular flexibility index (Phi) is 5.51. The van der Waals surface area contributed by atoms with Crippen molar-refractivity contribution < 1.29 is 19.2 Å². The van der Waals surface area contributed by atoms with Crippen LogP contribution in [0.5, 0.6) is 0 Å². The number of hydrogen-bond acceptors (Lipinski definition) is 6. The van der Waals surface area contributed by atoms with Crippen LogP contribution in [0.1, 0.15) is 15.9 Å². The third-order valence-corrected chi connectivity index (χ3v) is 4.06. The van der Waals surface area contributed by atoms with Crippen molar-refractivity contribution in [3.63, 3.8) is 0 Å². The predicted octanol–water partition coefficient (Wildman–Crippen LogP) is 3.90. The van der Waals surface area contributed by atoms with Gasteiger partial charge in [-0.15, -0.1) is 0 Å². The molecule has 2 aromatic carbocycles. The molecule has 0 aliphatic heterocycles. The average molecular weight is 400 g/mol. The van der Waals surface area contributed by atoms with Gasteiger partial charge in [-0.1, -0.05) is 17.7 Å². The first kappa shape index (κ1) is 19.2. The number of anilines is 1. The number of aromatic nitrogens is 1. The fourth-order valence-electron chi connectivity index (χ4n) is 2.53. The Balaban J connectivity index is 1.65. The topological polar surface area (TPSA) is 111 Å². The number of nitro benzene ring substituents is 1. The Morgan fingerprint density at radius 1 is 1.18 bits per heavy atom. The molecule has 1 aromatic heterocycles. The molecule has 0 aliphatic carbocycles. The summed E-state index contributed by atoms with van der Waals surface area (Å²) < 4.78 is 4.99. The summed E-state index contributed by atoms with van der Waals surface area (Å²) in [7, 11) is 0. The van der Waals surface area contributed by atoms with Gasteiger partial charge in [0.05, 0.1) is 16.0 Å². The first-order chi connectivity index (χ1) is 13.3. The zero-order valence-corrected chi connectivity index (χ0v) is 15.4. The summed E-state index contributed by atoms with van der Waals surface area (Å²) >= 11 is 5.82. The van der Waals surface area contributed by atoms with Crippen LogP contribution in [0.15, 0.2) is 48.5 Å². The summed E-state index contributed by atoms with van der Waals surface area (Å²) in [5, 5.41) is 14.5. The first-order valence-electron chi connectivity index (χ1n) is 8.12. The van der Waals surface area contributed by atoms with Gasteiger partial charge in [0, 0.05) is 11.5 Å². The molecule has 0 unspecified atom stereocenters. The highest BCUT2D eigenvalue weighted by atomic mass is 35.5. The second-order valence-electron chi connectivity index (χ2n) is 5.94. The summed E-state index contributed by atoms with van der Waals surface area (Å²) in [5.41, 5.74) is 1.34. The van der Waals surface area contributed by atoms with Crippen molar-refractivity contribution in [3.8, 4) is 0 Å². The zero-order valence-electron chi connectivity index (χ0n) is 14.6. The lowest BCUT2D eigenvalue weighted by Crippen LogP contribution is -2.21. The van der Waals surface area contributed by atoms with Crippen molar-refractivity contribution in [1.29, 1.82) is 0 Å². The van der Waals surface area contributed by atoms with Crippen LogP contribution in [0, 0.1) is 17.0 Å². The van der Waals surface area contributed by atoms with E-state index in [9.17, 15) is 19.7 Å². The van der Waals surface area contributed by atoms with Crippen LogP contribution in [-0.4, -0.2) is 28.4 Å². The fourth-order valence-corrected chi connectivity index (χ4v) is 2.68. The van der Waals surface area contributed by atoms with Gasteiger partial charge in [0.25, 0.3) is 11.6 Å². The van der Waals surface area contributed by atoms with Crippen molar-refractivity contribution in [2.75, 3.05) is 11.9 Å². The SMILES string of the molecule is Cc1ccc(NC(=O)COC(=O)c2ccc3nc(Cl)ccc3c2)c([N+](=O)[O-])c1. The molecule has 0 saturated carbocycles. The smallest absolute Gasteiger partial charge is 0.338 e. The Morgan fingerprint density at radius 2 is 1.96 bits per heavy atom. The molecule has 9 heteroatoms. The maximum absolute atomic E-state index is 12.2. The second-order valence-corrected chi connectivity index (χ2v) is 6.33. The van der Waals surface area contributed by atoms with Crippen LogP contribution in [0.2, 0.25) is 5.15 Å². The van der Waals surface area contributed by atoms with Gasteiger partial charge in [-0.3, -0.25) is 14.9 Å². The number of nitro groups is 1. The molecule has 1 heterocycles. The molecule has 1 N–H and O–H groups in total. The Morgan fingerprint density at radius 3 is 2.71 bits per heavy atom. The summed E-state index contributed by atoms with van der Waals surface area (Å²) in [4.78, 5) is 38.8. The van der Waals surface area contributed by atoms with Crippen molar-refractivity contribution in [3.05, 3.63) is 74.9 Å². The lowest BCUT2D eigenvalue weighted by molar-refractivity contribution is -0.384. The number of esters is 1. The van der Waals surface area contributed by atoms with Crippen molar-refractivity contribution >= 4 is 45.8 Å².